The van der Waals surface area contributed by atoms with E-state index < -0.39 is 5.97 Å². The zero-order valence-corrected chi connectivity index (χ0v) is 13.7. The van der Waals surface area contributed by atoms with Gasteiger partial charge in [0, 0.05) is 39.4 Å². The Morgan fingerprint density at radius 3 is 2.83 bits per heavy atom. The molecule has 3 heterocycles. The lowest BCUT2D eigenvalue weighted by molar-refractivity contribution is 0.0685. The molecular weight excluding hydrogens is 324 g/mol. The zero-order chi connectivity index (χ0) is 16.7. The first kappa shape index (κ1) is 14.9. The van der Waals surface area contributed by atoms with E-state index in [0.29, 0.717) is 5.56 Å². The molecule has 120 valence electrons. The number of nitrogens with one attached hydrogen (secondary N) is 1. The second-order valence-corrected chi connectivity index (χ2v) is 6.39. The third kappa shape index (κ3) is 2.19. The lowest BCUT2D eigenvalue weighted by Crippen LogP contribution is -2.07. The van der Waals surface area contributed by atoms with Crippen LogP contribution in [-0.2, 0) is 11.3 Å². The molecule has 4 rings (SSSR count). The molecule has 4 aromatic rings. The highest BCUT2D eigenvalue weighted by molar-refractivity contribution is 7.13. The van der Waals surface area contributed by atoms with Crippen molar-refractivity contribution >= 4 is 39.1 Å². The van der Waals surface area contributed by atoms with Crippen LogP contribution in [0.2, 0.25) is 0 Å². The number of aromatic amines is 1. The minimum atomic E-state index is -1.05. The fourth-order valence-corrected chi connectivity index (χ4v) is 3.87. The number of H-pyrrole nitrogens is 1. The fourth-order valence-electron chi connectivity index (χ4n) is 3.11. The number of hydrogen-bond acceptors (Lipinski definition) is 4. The number of pyridine rings is 1. The summed E-state index contributed by atoms with van der Waals surface area (Å²) in [6.07, 6.45) is 1.58. The van der Waals surface area contributed by atoms with Crippen molar-refractivity contribution in [1.29, 1.82) is 0 Å². The molecule has 0 spiro atoms. The zero-order valence-electron chi connectivity index (χ0n) is 12.9. The molecule has 0 aliphatic rings. The van der Waals surface area contributed by atoms with E-state index in [1.807, 2.05) is 23.6 Å². The van der Waals surface area contributed by atoms with Crippen LogP contribution in [0, 0.1) is 0 Å². The second-order valence-electron chi connectivity index (χ2n) is 5.44. The van der Waals surface area contributed by atoms with Crippen molar-refractivity contribution in [3.63, 3.8) is 0 Å². The number of fused-ring (bicyclic) bond motifs is 3. The minimum absolute atomic E-state index is 0.0335. The largest absolute Gasteiger partial charge is 0.477 e. The standard InChI is InChI=1S/C18H14N2O3S/c1-23-9-11-16-13(8-19-17(11)18(21)22)20-12-5-2-4-10(15(12)16)14-6-3-7-24-14/h2-8,20H,9H2,1H3,(H,21,22). The van der Waals surface area contributed by atoms with Crippen LogP contribution < -0.4 is 0 Å². The summed E-state index contributed by atoms with van der Waals surface area (Å²) < 4.78 is 5.26. The van der Waals surface area contributed by atoms with Crippen molar-refractivity contribution < 1.29 is 14.6 Å². The molecule has 0 bridgehead atoms. The predicted molar refractivity (Wildman–Crippen MR) is 94.6 cm³/mol. The van der Waals surface area contributed by atoms with Crippen LogP contribution in [0.1, 0.15) is 16.1 Å². The summed E-state index contributed by atoms with van der Waals surface area (Å²) in [7, 11) is 1.56. The summed E-state index contributed by atoms with van der Waals surface area (Å²) in [6.45, 7) is 0.192. The van der Waals surface area contributed by atoms with E-state index in [9.17, 15) is 9.90 Å². The van der Waals surface area contributed by atoms with Crippen LogP contribution >= 0.6 is 11.3 Å². The molecule has 0 amide bonds. The Labute approximate surface area is 141 Å². The number of carboxylic acid groups (broad SMARTS) is 1. The molecule has 6 heteroatoms. The maximum atomic E-state index is 11.6. The molecule has 0 aliphatic heterocycles. The van der Waals surface area contributed by atoms with Crippen LogP contribution in [0.4, 0.5) is 0 Å². The van der Waals surface area contributed by atoms with Crippen molar-refractivity contribution in [2.45, 2.75) is 6.61 Å². The maximum Gasteiger partial charge on any atom is 0.354 e. The molecule has 0 saturated carbocycles. The van der Waals surface area contributed by atoms with Crippen molar-refractivity contribution in [3.8, 4) is 10.4 Å². The van der Waals surface area contributed by atoms with Crippen molar-refractivity contribution in [3.05, 3.63) is 53.2 Å². The molecule has 5 nitrogen and oxygen atoms in total. The highest BCUT2D eigenvalue weighted by Gasteiger charge is 2.20. The lowest BCUT2D eigenvalue weighted by Gasteiger charge is -2.08. The van der Waals surface area contributed by atoms with Gasteiger partial charge in [0.2, 0.25) is 0 Å². The number of methoxy groups -OCH3 is 1. The highest BCUT2D eigenvalue weighted by Crippen LogP contribution is 2.38. The van der Waals surface area contributed by atoms with Gasteiger partial charge in [-0.3, -0.25) is 0 Å². The highest BCUT2D eigenvalue weighted by atomic mass is 32.1. The van der Waals surface area contributed by atoms with Crippen LogP contribution in [0.15, 0.2) is 41.9 Å². The summed E-state index contributed by atoms with van der Waals surface area (Å²) in [4.78, 5) is 20.2. The van der Waals surface area contributed by atoms with Gasteiger partial charge in [0.25, 0.3) is 0 Å². The second kappa shape index (κ2) is 5.74. The third-order valence-electron chi connectivity index (χ3n) is 4.04. The van der Waals surface area contributed by atoms with Gasteiger partial charge >= 0.3 is 5.97 Å². The van der Waals surface area contributed by atoms with Gasteiger partial charge in [0.1, 0.15) is 0 Å². The number of rotatable bonds is 4. The Balaban J connectivity index is 2.17. The average Bonchev–Trinajstić information content (AvgIpc) is 3.22. The number of benzene rings is 1. The number of nitrogens with zero attached hydrogens (tertiary/aromatic N) is 1. The van der Waals surface area contributed by atoms with E-state index in [0.717, 1.165) is 32.2 Å². The maximum absolute atomic E-state index is 11.6. The number of carbonyl (C=O) groups is 1. The lowest BCUT2D eigenvalue weighted by atomic mass is 10.0. The quantitative estimate of drug-likeness (QED) is 0.582. The molecular formula is C18H14N2O3S. The smallest absolute Gasteiger partial charge is 0.354 e. The van der Waals surface area contributed by atoms with Gasteiger partial charge < -0.3 is 14.8 Å². The monoisotopic (exact) mass is 338 g/mol. The molecule has 2 N–H and O–H groups in total. The first-order valence-corrected chi connectivity index (χ1v) is 8.27. The number of hydrogen-bond donors (Lipinski definition) is 2. The summed E-state index contributed by atoms with van der Waals surface area (Å²) >= 11 is 1.66. The van der Waals surface area contributed by atoms with E-state index in [1.54, 1.807) is 24.6 Å². The average molecular weight is 338 g/mol. The van der Waals surface area contributed by atoms with Gasteiger partial charge in [-0.25, -0.2) is 9.78 Å². The SMILES string of the molecule is COCc1c(C(=O)O)ncc2[nH]c3cccc(-c4cccs4)c3c12. The van der Waals surface area contributed by atoms with Crippen LogP contribution in [0.25, 0.3) is 32.2 Å². The molecule has 3 aromatic heterocycles. The van der Waals surface area contributed by atoms with Crippen LogP contribution in [0.5, 0.6) is 0 Å². The van der Waals surface area contributed by atoms with E-state index in [4.69, 9.17) is 4.74 Å². The third-order valence-corrected chi connectivity index (χ3v) is 4.94. The van der Waals surface area contributed by atoms with Gasteiger partial charge in [-0.05, 0) is 17.5 Å². The first-order valence-electron chi connectivity index (χ1n) is 7.39. The number of thiophene rings is 1. The summed E-state index contributed by atoms with van der Waals surface area (Å²) in [6, 6.07) is 10.1. The van der Waals surface area contributed by atoms with Gasteiger partial charge in [-0.2, -0.15) is 0 Å². The minimum Gasteiger partial charge on any atom is -0.477 e. The van der Waals surface area contributed by atoms with Gasteiger partial charge in [-0.15, -0.1) is 11.3 Å². The van der Waals surface area contributed by atoms with Gasteiger partial charge in [0.05, 0.1) is 18.3 Å². The molecule has 0 saturated heterocycles. The Bertz CT molecular complexity index is 1050. The predicted octanol–water partition coefficient (Wildman–Crippen LogP) is 4.29. The molecule has 24 heavy (non-hydrogen) atoms. The Kier molecular flexibility index (Phi) is 3.55. The number of carboxylic acids is 1. The molecule has 0 radical (unpaired) electrons. The number of ether oxygens (including phenoxy) is 1. The van der Waals surface area contributed by atoms with Crippen LogP contribution in [0.3, 0.4) is 0 Å². The molecule has 1 aromatic carbocycles. The fraction of sp³-hybridized carbons (Fsp3) is 0.111. The summed E-state index contributed by atoms with van der Waals surface area (Å²) in [5, 5.41) is 13.4. The molecule has 0 fully saturated rings. The van der Waals surface area contributed by atoms with Crippen molar-refractivity contribution in [2.24, 2.45) is 0 Å². The van der Waals surface area contributed by atoms with Gasteiger partial charge in [-0.1, -0.05) is 18.2 Å². The van der Waals surface area contributed by atoms with Crippen LogP contribution in [-0.4, -0.2) is 28.2 Å². The first-order chi connectivity index (χ1) is 11.7. The molecule has 0 atom stereocenters. The molecule has 0 unspecified atom stereocenters. The van der Waals surface area contributed by atoms with E-state index >= 15 is 0 Å². The topological polar surface area (TPSA) is 75.2 Å². The number of aromatic carboxylic acids is 1. The van der Waals surface area contributed by atoms with Crippen molar-refractivity contribution in [1.82, 2.24) is 9.97 Å². The Morgan fingerprint density at radius 2 is 2.12 bits per heavy atom. The van der Waals surface area contributed by atoms with E-state index in [2.05, 4.69) is 22.1 Å². The van der Waals surface area contributed by atoms with E-state index in [-0.39, 0.29) is 12.3 Å². The van der Waals surface area contributed by atoms with E-state index in [1.165, 1.54) is 0 Å². The number of aromatic nitrogens is 2. The Morgan fingerprint density at radius 1 is 1.25 bits per heavy atom. The summed E-state index contributed by atoms with van der Waals surface area (Å²) in [5.74, 6) is -1.05. The normalized spacial score (nSPS) is 11.4. The van der Waals surface area contributed by atoms with Gasteiger partial charge in [0.15, 0.2) is 5.69 Å². The Hall–Kier alpha value is -2.70. The summed E-state index contributed by atoms with van der Waals surface area (Å²) in [5.41, 5.74) is 3.47. The van der Waals surface area contributed by atoms with Crippen molar-refractivity contribution in [2.75, 3.05) is 7.11 Å². The molecule has 0 aliphatic carbocycles.